The predicted octanol–water partition coefficient (Wildman–Crippen LogP) is 3.58. The Balaban J connectivity index is 2.60. The van der Waals surface area contributed by atoms with Crippen LogP contribution in [0.1, 0.15) is 45.2 Å². The standard InChI is InChI=1S/C15H26N2/c1-5-15(16)13-6-8-14(9-7-13)17(4)11-10-12(2)3/h6-9,12,15H,5,10-11,16H2,1-4H3/t15-/m1/s1. The van der Waals surface area contributed by atoms with E-state index < -0.39 is 0 Å². The van der Waals surface area contributed by atoms with E-state index in [4.69, 9.17) is 5.73 Å². The van der Waals surface area contributed by atoms with Crippen LogP contribution in [0.25, 0.3) is 0 Å². The van der Waals surface area contributed by atoms with E-state index in [2.05, 4.69) is 57.0 Å². The highest BCUT2D eigenvalue weighted by Crippen LogP contribution is 2.19. The number of nitrogens with two attached hydrogens (primary N) is 1. The van der Waals surface area contributed by atoms with E-state index in [1.807, 2.05) is 0 Å². The van der Waals surface area contributed by atoms with Crippen LogP contribution in [0.4, 0.5) is 5.69 Å². The van der Waals surface area contributed by atoms with Crippen molar-refractivity contribution in [1.29, 1.82) is 0 Å². The minimum absolute atomic E-state index is 0.171. The molecule has 2 N–H and O–H groups in total. The molecule has 1 atom stereocenters. The van der Waals surface area contributed by atoms with Crippen molar-refractivity contribution in [2.24, 2.45) is 11.7 Å². The topological polar surface area (TPSA) is 29.3 Å². The maximum absolute atomic E-state index is 6.01. The average Bonchev–Trinajstić information content (AvgIpc) is 2.35. The summed E-state index contributed by atoms with van der Waals surface area (Å²) in [6, 6.07) is 8.81. The second kappa shape index (κ2) is 6.65. The lowest BCUT2D eigenvalue weighted by Crippen LogP contribution is -2.20. The normalized spacial score (nSPS) is 12.8. The molecule has 0 fully saturated rings. The molecule has 0 heterocycles. The SMILES string of the molecule is CC[C@@H](N)c1ccc(N(C)CCC(C)C)cc1. The van der Waals surface area contributed by atoms with Gasteiger partial charge in [0.15, 0.2) is 0 Å². The second-order valence-corrected chi connectivity index (χ2v) is 5.21. The van der Waals surface area contributed by atoms with Gasteiger partial charge in [0, 0.05) is 25.3 Å². The van der Waals surface area contributed by atoms with Crippen LogP contribution in [0, 0.1) is 5.92 Å². The third-order valence-corrected chi connectivity index (χ3v) is 3.24. The molecule has 0 aliphatic heterocycles. The molecule has 0 amide bonds. The maximum atomic E-state index is 6.01. The fourth-order valence-electron chi connectivity index (χ4n) is 1.79. The Morgan fingerprint density at radius 2 is 1.76 bits per heavy atom. The monoisotopic (exact) mass is 234 g/mol. The van der Waals surface area contributed by atoms with Crippen LogP contribution in [0.3, 0.4) is 0 Å². The van der Waals surface area contributed by atoms with Gasteiger partial charge >= 0.3 is 0 Å². The molecule has 1 aromatic rings. The number of benzene rings is 1. The molecule has 0 radical (unpaired) electrons. The van der Waals surface area contributed by atoms with Crippen molar-refractivity contribution in [1.82, 2.24) is 0 Å². The molecule has 17 heavy (non-hydrogen) atoms. The van der Waals surface area contributed by atoms with Gasteiger partial charge in [-0.05, 0) is 36.5 Å². The first-order valence-electron chi connectivity index (χ1n) is 6.61. The summed E-state index contributed by atoms with van der Waals surface area (Å²) in [6.07, 6.45) is 2.22. The van der Waals surface area contributed by atoms with E-state index in [-0.39, 0.29) is 6.04 Å². The maximum Gasteiger partial charge on any atom is 0.0363 e. The molecular weight excluding hydrogens is 208 g/mol. The number of hydrogen-bond acceptors (Lipinski definition) is 2. The predicted molar refractivity (Wildman–Crippen MR) is 76.4 cm³/mol. The van der Waals surface area contributed by atoms with Crippen LogP contribution in [0.5, 0.6) is 0 Å². The Morgan fingerprint density at radius 3 is 2.24 bits per heavy atom. The lowest BCUT2D eigenvalue weighted by atomic mass is 10.0. The summed E-state index contributed by atoms with van der Waals surface area (Å²) >= 11 is 0. The van der Waals surface area contributed by atoms with Crippen LogP contribution in [-0.2, 0) is 0 Å². The number of hydrogen-bond donors (Lipinski definition) is 1. The largest absolute Gasteiger partial charge is 0.375 e. The van der Waals surface area contributed by atoms with Crippen molar-refractivity contribution in [2.75, 3.05) is 18.5 Å². The summed E-state index contributed by atoms with van der Waals surface area (Å²) in [6.45, 7) is 7.75. The second-order valence-electron chi connectivity index (χ2n) is 5.21. The quantitative estimate of drug-likeness (QED) is 0.815. The zero-order valence-corrected chi connectivity index (χ0v) is 11.6. The highest BCUT2D eigenvalue weighted by Gasteiger charge is 2.05. The number of nitrogens with zero attached hydrogens (tertiary/aromatic N) is 1. The van der Waals surface area contributed by atoms with Gasteiger partial charge in [0.2, 0.25) is 0 Å². The van der Waals surface area contributed by atoms with Crippen LogP contribution in [0.2, 0.25) is 0 Å². The van der Waals surface area contributed by atoms with Crippen LogP contribution < -0.4 is 10.6 Å². The van der Waals surface area contributed by atoms with E-state index in [0.29, 0.717) is 0 Å². The van der Waals surface area contributed by atoms with E-state index >= 15 is 0 Å². The van der Waals surface area contributed by atoms with Crippen molar-refractivity contribution >= 4 is 5.69 Å². The van der Waals surface area contributed by atoms with Crippen molar-refractivity contribution < 1.29 is 0 Å². The summed E-state index contributed by atoms with van der Waals surface area (Å²) in [5.41, 5.74) is 8.51. The van der Waals surface area contributed by atoms with E-state index in [1.54, 1.807) is 0 Å². The molecule has 0 bridgehead atoms. The van der Waals surface area contributed by atoms with Gasteiger partial charge in [0.1, 0.15) is 0 Å². The molecule has 0 unspecified atom stereocenters. The molecular formula is C15H26N2. The number of anilines is 1. The van der Waals surface area contributed by atoms with Gasteiger partial charge in [-0.1, -0.05) is 32.9 Å². The summed E-state index contributed by atoms with van der Waals surface area (Å²) in [7, 11) is 2.15. The molecule has 2 heteroatoms. The minimum atomic E-state index is 0.171. The Kier molecular flexibility index (Phi) is 5.49. The Labute approximate surface area is 106 Å². The molecule has 0 aliphatic carbocycles. The van der Waals surface area contributed by atoms with E-state index in [1.165, 1.54) is 17.7 Å². The zero-order chi connectivity index (χ0) is 12.8. The fraction of sp³-hybridized carbons (Fsp3) is 0.600. The Bertz CT molecular complexity index is 316. The zero-order valence-electron chi connectivity index (χ0n) is 11.6. The molecule has 0 saturated carbocycles. The minimum Gasteiger partial charge on any atom is -0.375 e. The molecule has 0 aliphatic rings. The first-order chi connectivity index (χ1) is 8.04. The van der Waals surface area contributed by atoms with Gasteiger partial charge in [0.05, 0.1) is 0 Å². The van der Waals surface area contributed by atoms with Gasteiger partial charge in [-0.3, -0.25) is 0 Å². The van der Waals surface area contributed by atoms with Crippen LogP contribution in [-0.4, -0.2) is 13.6 Å². The van der Waals surface area contributed by atoms with E-state index in [9.17, 15) is 0 Å². The van der Waals surface area contributed by atoms with E-state index in [0.717, 1.165) is 18.9 Å². The van der Waals surface area contributed by atoms with Gasteiger partial charge < -0.3 is 10.6 Å². The highest BCUT2D eigenvalue weighted by atomic mass is 15.1. The van der Waals surface area contributed by atoms with Crippen molar-refractivity contribution in [3.63, 3.8) is 0 Å². The summed E-state index contributed by atoms with van der Waals surface area (Å²) < 4.78 is 0. The van der Waals surface area contributed by atoms with Crippen molar-refractivity contribution in [3.05, 3.63) is 29.8 Å². The van der Waals surface area contributed by atoms with Gasteiger partial charge in [-0.15, -0.1) is 0 Å². The Hall–Kier alpha value is -1.02. The fourth-order valence-corrected chi connectivity index (χ4v) is 1.79. The molecule has 0 aromatic heterocycles. The van der Waals surface area contributed by atoms with Crippen LogP contribution >= 0.6 is 0 Å². The highest BCUT2D eigenvalue weighted by molar-refractivity contribution is 5.47. The van der Waals surface area contributed by atoms with Crippen molar-refractivity contribution in [2.45, 2.75) is 39.7 Å². The molecule has 1 rings (SSSR count). The third-order valence-electron chi connectivity index (χ3n) is 3.24. The Morgan fingerprint density at radius 1 is 1.18 bits per heavy atom. The van der Waals surface area contributed by atoms with Gasteiger partial charge in [-0.2, -0.15) is 0 Å². The third kappa shape index (κ3) is 4.39. The molecule has 0 saturated heterocycles. The molecule has 2 nitrogen and oxygen atoms in total. The summed E-state index contributed by atoms with van der Waals surface area (Å²) in [4.78, 5) is 2.31. The molecule has 96 valence electrons. The molecule has 1 aromatic carbocycles. The first-order valence-corrected chi connectivity index (χ1v) is 6.61. The van der Waals surface area contributed by atoms with Crippen molar-refractivity contribution in [3.8, 4) is 0 Å². The van der Waals surface area contributed by atoms with Gasteiger partial charge in [0.25, 0.3) is 0 Å². The summed E-state index contributed by atoms with van der Waals surface area (Å²) in [5.74, 6) is 0.755. The smallest absolute Gasteiger partial charge is 0.0363 e. The van der Waals surface area contributed by atoms with Crippen LogP contribution in [0.15, 0.2) is 24.3 Å². The lowest BCUT2D eigenvalue weighted by molar-refractivity contribution is 0.585. The summed E-state index contributed by atoms with van der Waals surface area (Å²) in [5, 5.41) is 0. The lowest BCUT2D eigenvalue weighted by Gasteiger charge is -2.21. The first kappa shape index (κ1) is 14.0. The average molecular weight is 234 g/mol. The molecule has 0 spiro atoms. The van der Waals surface area contributed by atoms with Gasteiger partial charge in [-0.25, -0.2) is 0 Å². The number of rotatable bonds is 6.